The van der Waals surface area contributed by atoms with E-state index in [9.17, 15) is 9.59 Å². The Kier molecular flexibility index (Phi) is 6.57. The monoisotopic (exact) mass is 462 g/mol. The Bertz CT molecular complexity index is 1200. The zero-order valence-electron chi connectivity index (χ0n) is 20.1. The molecule has 2 aromatic carbocycles. The number of nitrogens with one attached hydrogen (secondary N) is 1. The van der Waals surface area contributed by atoms with Crippen molar-refractivity contribution in [2.45, 2.75) is 39.3 Å². The average molecular weight is 463 g/mol. The first kappa shape index (κ1) is 22.9. The normalized spacial score (nSPS) is 20.5. The van der Waals surface area contributed by atoms with Crippen LogP contribution in [0.2, 0.25) is 0 Å². The molecule has 0 radical (unpaired) electrons. The van der Waals surface area contributed by atoms with Crippen LogP contribution >= 0.6 is 0 Å². The Labute approximate surface area is 200 Å². The number of benzene rings is 2. The maximum atomic E-state index is 13.2. The number of hydrogen-bond acceptors (Lipinski definition) is 4. The molecule has 5 rings (SSSR count). The lowest BCUT2D eigenvalue weighted by Crippen LogP contribution is -2.52. The molecule has 3 heterocycles. The van der Waals surface area contributed by atoms with Gasteiger partial charge in [0.25, 0.3) is 0 Å². The summed E-state index contributed by atoms with van der Waals surface area (Å²) in [6, 6.07) is 14.3. The van der Waals surface area contributed by atoms with Crippen LogP contribution in [0.25, 0.3) is 21.8 Å². The Morgan fingerprint density at radius 1 is 1.06 bits per heavy atom. The van der Waals surface area contributed by atoms with Gasteiger partial charge < -0.3 is 19.5 Å². The standard InChI is InChI=1S/C27H34N4O3/c1-3-31-24-9-5-4-8-22(24)23-17-21(10-11-25(23)31)28-26(32)19(2)30-12-6-7-20(18-30)27(33)29-13-15-34-16-14-29/h4-5,8-11,17,19-20H,3,6-7,12-16,18H2,1-2H3,(H,28,32)/t19-,20-/m0/s1. The molecular weight excluding hydrogens is 428 g/mol. The minimum Gasteiger partial charge on any atom is -0.378 e. The number of aromatic nitrogens is 1. The highest BCUT2D eigenvalue weighted by Gasteiger charge is 2.33. The molecule has 180 valence electrons. The van der Waals surface area contributed by atoms with E-state index in [-0.39, 0.29) is 23.8 Å². The molecule has 0 aliphatic carbocycles. The number of aryl methyl sites for hydroxylation is 1. The predicted octanol–water partition coefficient (Wildman–Crippen LogP) is 3.71. The smallest absolute Gasteiger partial charge is 0.241 e. The number of carbonyl (C=O) groups excluding carboxylic acids is 2. The second kappa shape index (κ2) is 9.76. The summed E-state index contributed by atoms with van der Waals surface area (Å²) in [4.78, 5) is 30.2. The fourth-order valence-corrected chi connectivity index (χ4v) is 5.49. The van der Waals surface area contributed by atoms with Gasteiger partial charge in [0.2, 0.25) is 11.8 Å². The molecule has 2 saturated heterocycles. The second-order valence-electron chi connectivity index (χ2n) is 9.43. The van der Waals surface area contributed by atoms with E-state index in [0.29, 0.717) is 32.8 Å². The van der Waals surface area contributed by atoms with Crippen molar-refractivity contribution < 1.29 is 14.3 Å². The molecule has 2 aliphatic heterocycles. The first-order chi connectivity index (χ1) is 16.6. The maximum Gasteiger partial charge on any atom is 0.241 e. The van der Waals surface area contributed by atoms with Crippen molar-refractivity contribution in [3.05, 3.63) is 42.5 Å². The number of fused-ring (bicyclic) bond motifs is 3. The topological polar surface area (TPSA) is 66.8 Å². The zero-order valence-corrected chi connectivity index (χ0v) is 20.1. The Balaban J connectivity index is 1.29. The molecule has 1 aromatic heterocycles. The fourth-order valence-electron chi connectivity index (χ4n) is 5.49. The molecule has 0 saturated carbocycles. The molecule has 34 heavy (non-hydrogen) atoms. The third-order valence-electron chi connectivity index (χ3n) is 7.41. The second-order valence-corrected chi connectivity index (χ2v) is 9.43. The lowest BCUT2D eigenvalue weighted by Gasteiger charge is -2.38. The van der Waals surface area contributed by atoms with Crippen LogP contribution in [0.15, 0.2) is 42.5 Å². The van der Waals surface area contributed by atoms with Crippen molar-refractivity contribution in [2.24, 2.45) is 5.92 Å². The van der Waals surface area contributed by atoms with E-state index < -0.39 is 0 Å². The molecule has 2 fully saturated rings. The summed E-state index contributed by atoms with van der Waals surface area (Å²) in [5.41, 5.74) is 3.19. The number of anilines is 1. The van der Waals surface area contributed by atoms with Gasteiger partial charge in [-0.3, -0.25) is 14.5 Å². The van der Waals surface area contributed by atoms with E-state index in [1.807, 2.05) is 17.9 Å². The Morgan fingerprint density at radius 2 is 1.82 bits per heavy atom. The van der Waals surface area contributed by atoms with Crippen molar-refractivity contribution in [3.8, 4) is 0 Å². The van der Waals surface area contributed by atoms with Gasteiger partial charge in [0.05, 0.1) is 25.2 Å². The van der Waals surface area contributed by atoms with Crippen LogP contribution in [0.4, 0.5) is 5.69 Å². The number of rotatable bonds is 5. The van der Waals surface area contributed by atoms with E-state index in [1.165, 1.54) is 16.4 Å². The SMILES string of the molecule is CCn1c2ccccc2c2cc(NC(=O)[C@H](C)N3CCC[C@H](C(=O)N4CCOCC4)C3)ccc21. The average Bonchev–Trinajstić information content (AvgIpc) is 3.21. The van der Waals surface area contributed by atoms with Crippen LogP contribution < -0.4 is 5.32 Å². The van der Waals surface area contributed by atoms with Crippen LogP contribution in [0.1, 0.15) is 26.7 Å². The van der Waals surface area contributed by atoms with Crippen LogP contribution in [0.5, 0.6) is 0 Å². The first-order valence-corrected chi connectivity index (χ1v) is 12.5. The number of likely N-dealkylation sites (tertiary alicyclic amines) is 1. The van der Waals surface area contributed by atoms with E-state index in [1.54, 1.807) is 0 Å². The van der Waals surface area contributed by atoms with E-state index >= 15 is 0 Å². The number of ether oxygens (including phenoxy) is 1. The first-order valence-electron chi connectivity index (χ1n) is 12.5. The highest BCUT2D eigenvalue weighted by molar-refractivity contribution is 6.10. The number of nitrogens with zero attached hydrogens (tertiary/aromatic N) is 3. The van der Waals surface area contributed by atoms with Crippen molar-refractivity contribution in [1.82, 2.24) is 14.4 Å². The number of amides is 2. The number of para-hydroxylation sites is 1. The number of carbonyl (C=O) groups is 2. The summed E-state index contributed by atoms with van der Waals surface area (Å²) in [5, 5.41) is 5.48. The van der Waals surface area contributed by atoms with E-state index in [4.69, 9.17) is 4.74 Å². The molecule has 0 unspecified atom stereocenters. The molecule has 7 heteroatoms. The summed E-state index contributed by atoms with van der Waals surface area (Å²) in [5.74, 6) is 0.134. The highest BCUT2D eigenvalue weighted by atomic mass is 16.5. The molecule has 3 aromatic rings. The van der Waals surface area contributed by atoms with Crippen molar-refractivity contribution in [1.29, 1.82) is 0 Å². The minimum absolute atomic E-state index is 0.0296. The van der Waals surface area contributed by atoms with Crippen molar-refractivity contribution in [2.75, 3.05) is 44.7 Å². The van der Waals surface area contributed by atoms with Gasteiger partial charge in [0, 0.05) is 53.7 Å². The van der Waals surface area contributed by atoms with Crippen LogP contribution in [-0.4, -0.2) is 71.6 Å². The van der Waals surface area contributed by atoms with Gasteiger partial charge in [0.1, 0.15) is 0 Å². The highest BCUT2D eigenvalue weighted by Crippen LogP contribution is 2.31. The van der Waals surface area contributed by atoms with Gasteiger partial charge >= 0.3 is 0 Å². The van der Waals surface area contributed by atoms with Crippen molar-refractivity contribution in [3.63, 3.8) is 0 Å². The molecule has 0 bridgehead atoms. The van der Waals surface area contributed by atoms with Gasteiger partial charge in [-0.25, -0.2) is 0 Å². The quantitative estimate of drug-likeness (QED) is 0.628. The molecule has 2 amide bonds. The fraction of sp³-hybridized carbons (Fsp3) is 0.481. The Morgan fingerprint density at radius 3 is 2.62 bits per heavy atom. The number of piperidine rings is 1. The molecule has 2 atom stereocenters. The summed E-state index contributed by atoms with van der Waals surface area (Å²) in [6.07, 6.45) is 1.82. The van der Waals surface area contributed by atoms with E-state index in [2.05, 4.69) is 58.1 Å². The lowest BCUT2D eigenvalue weighted by atomic mass is 9.95. The summed E-state index contributed by atoms with van der Waals surface area (Å²) < 4.78 is 7.69. The van der Waals surface area contributed by atoms with Crippen LogP contribution in [0.3, 0.4) is 0 Å². The Hall–Kier alpha value is -2.90. The van der Waals surface area contributed by atoms with Crippen LogP contribution in [0, 0.1) is 5.92 Å². The minimum atomic E-state index is -0.298. The van der Waals surface area contributed by atoms with Gasteiger partial charge in [-0.05, 0) is 57.5 Å². The summed E-state index contributed by atoms with van der Waals surface area (Å²) in [6.45, 7) is 9.02. The zero-order chi connectivity index (χ0) is 23.7. The van der Waals surface area contributed by atoms with E-state index in [0.717, 1.165) is 37.0 Å². The van der Waals surface area contributed by atoms with Gasteiger partial charge in [-0.15, -0.1) is 0 Å². The van der Waals surface area contributed by atoms with Gasteiger partial charge in [-0.2, -0.15) is 0 Å². The number of hydrogen-bond donors (Lipinski definition) is 1. The summed E-state index contributed by atoms with van der Waals surface area (Å²) >= 11 is 0. The molecular formula is C27H34N4O3. The lowest BCUT2D eigenvalue weighted by molar-refractivity contribution is -0.142. The largest absolute Gasteiger partial charge is 0.378 e. The predicted molar refractivity (Wildman–Crippen MR) is 135 cm³/mol. The van der Waals surface area contributed by atoms with Gasteiger partial charge in [0.15, 0.2) is 0 Å². The van der Waals surface area contributed by atoms with Crippen LogP contribution in [-0.2, 0) is 20.9 Å². The molecule has 0 spiro atoms. The summed E-state index contributed by atoms with van der Waals surface area (Å²) in [7, 11) is 0. The maximum absolute atomic E-state index is 13.2. The van der Waals surface area contributed by atoms with Gasteiger partial charge in [-0.1, -0.05) is 18.2 Å². The third kappa shape index (κ3) is 4.30. The molecule has 1 N–H and O–H groups in total. The van der Waals surface area contributed by atoms with Crippen molar-refractivity contribution >= 4 is 39.3 Å². The molecule has 2 aliphatic rings. The number of morpholine rings is 1. The molecule has 7 nitrogen and oxygen atoms in total. The third-order valence-corrected chi connectivity index (χ3v) is 7.41.